The zero-order valence-electron chi connectivity index (χ0n) is 9.58. The summed E-state index contributed by atoms with van der Waals surface area (Å²) in [5.74, 6) is -3.43. The molecule has 2 rings (SSSR count). The number of carbonyl (C=O) groups excluding carboxylic acids is 1. The van der Waals surface area contributed by atoms with Crippen molar-refractivity contribution in [1.29, 1.82) is 0 Å². The summed E-state index contributed by atoms with van der Waals surface area (Å²) in [6.07, 6.45) is 0. The summed E-state index contributed by atoms with van der Waals surface area (Å²) in [5, 5.41) is 2.18. The molecule has 0 fully saturated rings. The number of nitrogen functional groups attached to an aromatic ring is 1. The van der Waals surface area contributed by atoms with E-state index in [0.717, 1.165) is 18.2 Å². The van der Waals surface area contributed by atoms with Gasteiger partial charge < -0.3 is 11.1 Å². The molecule has 6 heteroatoms. The Kier molecular flexibility index (Phi) is 3.41. The van der Waals surface area contributed by atoms with Crippen LogP contribution in [-0.4, -0.2) is 5.91 Å². The van der Waals surface area contributed by atoms with Crippen LogP contribution in [0.4, 0.5) is 24.5 Å². The zero-order chi connectivity index (χ0) is 14.0. The molecule has 0 saturated carbocycles. The molecule has 3 N–H and O–H groups in total. The van der Waals surface area contributed by atoms with Gasteiger partial charge in [-0.2, -0.15) is 0 Å². The summed E-state index contributed by atoms with van der Waals surface area (Å²) in [4.78, 5) is 11.7. The third-order valence-corrected chi connectivity index (χ3v) is 2.42. The third kappa shape index (κ3) is 2.85. The first-order valence-electron chi connectivity index (χ1n) is 5.29. The highest BCUT2D eigenvalue weighted by Gasteiger charge is 2.14. The standard InChI is InChI=1S/C13H9F3N2O/c14-7-1-3-9(10(15)5-7)13(19)18-12-4-2-8(17)6-11(12)16/h1-6H,17H2,(H,18,19). The molecule has 0 aromatic heterocycles. The number of hydrogen-bond donors (Lipinski definition) is 2. The lowest BCUT2D eigenvalue weighted by molar-refractivity contribution is 0.102. The van der Waals surface area contributed by atoms with Crippen LogP contribution in [-0.2, 0) is 0 Å². The molecule has 0 saturated heterocycles. The maximum Gasteiger partial charge on any atom is 0.258 e. The Bertz CT molecular complexity index is 644. The van der Waals surface area contributed by atoms with Gasteiger partial charge in [-0.3, -0.25) is 4.79 Å². The van der Waals surface area contributed by atoms with Gasteiger partial charge in [-0.1, -0.05) is 0 Å². The van der Waals surface area contributed by atoms with Crippen LogP contribution in [0.1, 0.15) is 10.4 Å². The van der Waals surface area contributed by atoms with Gasteiger partial charge in [-0.25, -0.2) is 13.2 Å². The third-order valence-electron chi connectivity index (χ3n) is 2.42. The van der Waals surface area contributed by atoms with Crippen LogP contribution in [0.5, 0.6) is 0 Å². The first kappa shape index (κ1) is 12.9. The van der Waals surface area contributed by atoms with E-state index in [9.17, 15) is 18.0 Å². The van der Waals surface area contributed by atoms with Gasteiger partial charge in [-0.05, 0) is 30.3 Å². The van der Waals surface area contributed by atoms with E-state index in [4.69, 9.17) is 5.73 Å². The van der Waals surface area contributed by atoms with Gasteiger partial charge in [0.25, 0.3) is 5.91 Å². The molecule has 2 aromatic rings. The van der Waals surface area contributed by atoms with Crippen molar-refractivity contribution in [3.8, 4) is 0 Å². The molecular weight excluding hydrogens is 257 g/mol. The molecular formula is C13H9F3N2O. The number of amides is 1. The van der Waals surface area contributed by atoms with Crippen molar-refractivity contribution in [2.75, 3.05) is 11.1 Å². The Hall–Kier alpha value is -2.50. The fraction of sp³-hybridized carbons (Fsp3) is 0. The molecule has 2 aromatic carbocycles. The number of rotatable bonds is 2. The highest BCUT2D eigenvalue weighted by molar-refractivity contribution is 6.04. The summed E-state index contributed by atoms with van der Waals surface area (Å²) >= 11 is 0. The van der Waals surface area contributed by atoms with Crippen LogP contribution in [0.25, 0.3) is 0 Å². The van der Waals surface area contributed by atoms with Crippen LogP contribution in [0.15, 0.2) is 36.4 Å². The number of nitrogens with two attached hydrogens (primary N) is 1. The molecule has 3 nitrogen and oxygen atoms in total. The first-order chi connectivity index (χ1) is 8.97. The maximum absolute atomic E-state index is 13.4. The van der Waals surface area contributed by atoms with E-state index in [2.05, 4.69) is 5.32 Å². The Morgan fingerprint density at radius 3 is 2.37 bits per heavy atom. The van der Waals surface area contributed by atoms with Gasteiger partial charge in [0.1, 0.15) is 17.5 Å². The number of nitrogens with one attached hydrogen (secondary N) is 1. The van der Waals surface area contributed by atoms with E-state index in [1.165, 1.54) is 12.1 Å². The summed E-state index contributed by atoms with van der Waals surface area (Å²) in [6.45, 7) is 0. The summed E-state index contributed by atoms with van der Waals surface area (Å²) in [7, 11) is 0. The van der Waals surface area contributed by atoms with Gasteiger partial charge in [0.2, 0.25) is 0 Å². The van der Waals surface area contributed by atoms with Crippen LogP contribution < -0.4 is 11.1 Å². The van der Waals surface area contributed by atoms with Crippen molar-refractivity contribution < 1.29 is 18.0 Å². The molecule has 0 aliphatic heterocycles. The van der Waals surface area contributed by atoms with Crippen LogP contribution in [0.2, 0.25) is 0 Å². The molecule has 0 spiro atoms. The minimum atomic E-state index is -1.02. The quantitative estimate of drug-likeness (QED) is 0.821. The lowest BCUT2D eigenvalue weighted by atomic mass is 10.2. The van der Waals surface area contributed by atoms with Crippen LogP contribution in [0, 0.1) is 17.5 Å². The van der Waals surface area contributed by atoms with Gasteiger partial charge in [0, 0.05) is 11.8 Å². The first-order valence-corrected chi connectivity index (χ1v) is 5.29. The number of anilines is 2. The molecule has 0 bridgehead atoms. The Balaban J connectivity index is 2.25. The molecule has 0 aliphatic rings. The maximum atomic E-state index is 13.4. The highest BCUT2D eigenvalue weighted by atomic mass is 19.1. The zero-order valence-corrected chi connectivity index (χ0v) is 9.58. The summed E-state index contributed by atoms with van der Waals surface area (Å²) in [6, 6.07) is 6.17. The van der Waals surface area contributed by atoms with E-state index in [1.54, 1.807) is 0 Å². The average Bonchev–Trinajstić information content (AvgIpc) is 2.32. The fourth-order valence-electron chi connectivity index (χ4n) is 1.50. The van der Waals surface area contributed by atoms with Gasteiger partial charge in [-0.15, -0.1) is 0 Å². The van der Waals surface area contributed by atoms with Crippen LogP contribution >= 0.6 is 0 Å². The fourth-order valence-corrected chi connectivity index (χ4v) is 1.50. The van der Waals surface area contributed by atoms with Crippen molar-refractivity contribution >= 4 is 17.3 Å². The van der Waals surface area contributed by atoms with E-state index >= 15 is 0 Å². The average molecular weight is 266 g/mol. The summed E-state index contributed by atoms with van der Waals surface area (Å²) < 4.78 is 39.5. The number of benzene rings is 2. The molecule has 0 unspecified atom stereocenters. The summed E-state index contributed by atoms with van der Waals surface area (Å²) in [5.41, 5.74) is 5.04. The van der Waals surface area contributed by atoms with E-state index < -0.39 is 23.4 Å². The molecule has 0 radical (unpaired) electrons. The number of hydrogen-bond acceptors (Lipinski definition) is 2. The van der Waals surface area contributed by atoms with Gasteiger partial charge >= 0.3 is 0 Å². The topological polar surface area (TPSA) is 55.1 Å². The van der Waals surface area contributed by atoms with Crippen molar-refractivity contribution in [2.24, 2.45) is 0 Å². The molecule has 0 aliphatic carbocycles. The minimum absolute atomic E-state index is 0.136. The van der Waals surface area contributed by atoms with Gasteiger partial charge in [0.05, 0.1) is 11.3 Å². The second-order valence-electron chi connectivity index (χ2n) is 3.82. The molecule has 98 valence electrons. The molecule has 0 heterocycles. The van der Waals surface area contributed by atoms with Gasteiger partial charge in [0.15, 0.2) is 0 Å². The van der Waals surface area contributed by atoms with Crippen molar-refractivity contribution in [3.63, 3.8) is 0 Å². The molecule has 19 heavy (non-hydrogen) atoms. The number of halogens is 3. The monoisotopic (exact) mass is 266 g/mol. The second-order valence-corrected chi connectivity index (χ2v) is 3.82. The molecule has 1 amide bonds. The number of carbonyl (C=O) groups is 1. The van der Waals surface area contributed by atoms with E-state index in [0.29, 0.717) is 6.07 Å². The highest BCUT2D eigenvalue weighted by Crippen LogP contribution is 2.18. The van der Waals surface area contributed by atoms with E-state index in [1.807, 2.05) is 0 Å². The van der Waals surface area contributed by atoms with E-state index in [-0.39, 0.29) is 16.9 Å². The lowest BCUT2D eigenvalue weighted by Gasteiger charge is -2.07. The largest absolute Gasteiger partial charge is 0.399 e. The SMILES string of the molecule is Nc1ccc(NC(=O)c2ccc(F)cc2F)c(F)c1. The normalized spacial score (nSPS) is 10.3. The molecule has 0 atom stereocenters. The predicted molar refractivity (Wildman–Crippen MR) is 65.1 cm³/mol. The predicted octanol–water partition coefficient (Wildman–Crippen LogP) is 2.94. The lowest BCUT2D eigenvalue weighted by Crippen LogP contribution is -2.15. The second kappa shape index (κ2) is 5.01. The Morgan fingerprint density at radius 2 is 1.74 bits per heavy atom. The van der Waals surface area contributed by atoms with Crippen molar-refractivity contribution in [1.82, 2.24) is 0 Å². The minimum Gasteiger partial charge on any atom is -0.399 e. The Morgan fingerprint density at radius 1 is 1.00 bits per heavy atom. The van der Waals surface area contributed by atoms with Crippen molar-refractivity contribution in [3.05, 3.63) is 59.4 Å². The van der Waals surface area contributed by atoms with Crippen molar-refractivity contribution in [2.45, 2.75) is 0 Å². The van der Waals surface area contributed by atoms with Crippen LogP contribution in [0.3, 0.4) is 0 Å². The Labute approximate surface area is 106 Å². The smallest absolute Gasteiger partial charge is 0.258 e.